The van der Waals surface area contributed by atoms with Crippen LogP contribution in [0.15, 0.2) is 36.0 Å². The summed E-state index contributed by atoms with van der Waals surface area (Å²) in [5, 5.41) is 5.07. The first-order valence-corrected chi connectivity index (χ1v) is 7.99. The molecule has 0 unspecified atom stereocenters. The predicted molar refractivity (Wildman–Crippen MR) is 89.7 cm³/mol. The van der Waals surface area contributed by atoms with Gasteiger partial charge in [-0.15, -0.1) is 11.3 Å². The van der Waals surface area contributed by atoms with Crippen molar-refractivity contribution in [2.75, 3.05) is 7.11 Å². The quantitative estimate of drug-likeness (QED) is 0.720. The molecule has 0 aliphatic carbocycles. The van der Waals surface area contributed by atoms with Crippen LogP contribution < -0.4 is 10.1 Å². The van der Waals surface area contributed by atoms with Crippen LogP contribution in [0.5, 0.6) is 5.88 Å². The van der Waals surface area contributed by atoms with Crippen LogP contribution in [0.25, 0.3) is 11.0 Å². The molecule has 1 amide bonds. The monoisotopic (exact) mass is 348 g/mol. The molecule has 0 saturated heterocycles. The molecule has 0 radical (unpaired) electrons. The minimum Gasteiger partial charge on any atom is -0.481 e. The highest BCUT2D eigenvalue weighted by atomic mass is 35.5. The van der Waals surface area contributed by atoms with Crippen LogP contribution in [0.3, 0.4) is 0 Å². The summed E-state index contributed by atoms with van der Waals surface area (Å²) < 4.78 is 6.82. The molecule has 0 aliphatic rings. The Labute approximate surface area is 141 Å². The summed E-state index contributed by atoms with van der Waals surface area (Å²) >= 11 is 7.55. The molecule has 0 aromatic carbocycles. The second-order valence-corrected chi connectivity index (χ2v) is 5.83. The molecule has 3 aromatic rings. The molecule has 0 atom stereocenters. The van der Waals surface area contributed by atoms with Crippen molar-refractivity contribution in [3.63, 3.8) is 0 Å². The number of hydrogen-bond donors (Lipinski definition) is 1. The van der Waals surface area contributed by atoms with Crippen molar-refractivity contribution < 1.29 is 9.53 Å². The van der Waals surface area contributed by atoms with Gasteiger partial charge in [-0.25, -0.2) is 9.97 Å². The number of carbonyl (C=O) groups excluding carboxylic acids is 1. The van der Waals surface area contributed by atoms with E-state index in [-0.39, 0.29) is 5.91 Å². The predicted octanol–water partition coefficient (Wildman–Crippen LogP) is 2.78. The zero-order valence-corrected chi connectivity index (χ0v) is 13.8. The fourth-order valence-electron chi connectivity index (χ4n) is 1.96. The Hall–Kier alpha value is -2.38. The van der Waals surface area contributed by atoms with E-state index in [2.05, 4.69) is 15.3 Å². The van der Waals surface area contributed by atoms with E-state index in [0.717, 1.165) is 10.5 Å². The number of aromatic nitrogens is 3. The Morgan fingerprint density at radius 2 is 2.39 bits per heavy atom. The molecule has 0 spiro atoms. The van der Waals surface area contributed by atoms with Gasteiger partial charge in [0.1, 0.15) is 0 Å². The lowest BCUT2D eigenvalue weighted by Crippen LogP contribution is -2.20. The molecule has 0 aliphatic heterocycles. The zero-order chi connectivity index (χ0) is 16.2. The fourth-order valence-corrected chi connectivity index (χ4v) is 2.97. The van der Waals surface area contributed by atoms with Crippen LogP contribution in [0.2, 0.25) is 5.15 Å². The Kier molecular flexibility index (Phi) is 4.59. The average Bonchev–Trinajstić information content (AvgIpc) is 3.12. The number of ether oxygens (including phenoxy) is 1. The van der Waals surface area contributed by atoms with Crippen molar-refractivity contribution in [2.24, 2.45) is 0 Å². The molecular formula is C15H13ClN4O2S. The Balaban J connectivity index is 1.62. The first-order valence-electron chi connectivity index (χ1n) is 6.73. The van der Waals surface area contributed by atoms with Crippen LogP contribution in [0.1, 0.15) is 11.3 Å². The number of thiazole rings is 1. The van der Waals surface area contributed by atoms with Crippen molar-refractivity contribution in [1.82, 2.24) is 19.7 Å². The van der Waals surface area contributed by atoms with Crippen LogP contribution in [0, 0.1) is 0 Å². The number of hydrogen-bond acceptors (Lipinski definition) is 5. The van der Waals surface area contributed by atoms with E-state index in [0.29, 0.717) is 23.3 Å². The van der Waals surface area contributed by atoms with Crippen molar-refractivity contribution in [3.8, 4) is 5.88 Å². The van der Waals surface area contributed by atoms with Gasteiger partial charge >= 0.3 is 0 Å². The normalized spacial score (nSPS) is 11.2. The van der Waals surface area contributed by atoms with E-state index in [1.54, 1.807) is 25.4 Å². The molecule has 0 bridgehead atoms. The number of carbonyl (C=O) groups is 1. The van der Waals surface area contributed by atoms with Gasteiger partial charge in [-0.1, -0.05) is 17.7 Å². The molecule has 3 heterocycles. The number of methoxy groups -OCH3 is 1. The summed E-state index contributed by atoms with van der Waals surface area (Å²) in [6.07, 6.45) is 6.60. The third-order valence-corrected chi connectivity index (χ3v) is 4.15. The fraction of sp³-hybridized carbons (Fsp3) is 0.133. The van der Waals surface area contributed by atoms with E-state index in [1.807, 2.05) is 22.0 Å². The van der Waals surface area contributed by atoms with Gasteiger partial charge in [0.15, 0.2) is 10.1 Å². The van der Waals surface area contributed by atoms with Gasteiger partial charge in [-0.2, -0.15) is 0 Å². The largest absolute Gasteiger partial charge is 0.481 e. The maximum atomic E-state index is 11.9. The third-order valence-electron chi connectivity index (χ3n) is 3.12. The minimum atomic E-state index is -0.220. The summed E-state index contributed by atoms with van der Waals surface area (Å²) in [5.41, 5.74) is 1.57. The summed E-state index contributed by atoms with van der Waals surface area (Å²) in [6, 6.07) is 3.59. The van der Waals surface area contributed by atoms with Gasteiger partial charge < -0.3 is 10.1 Å². The Bertz CT molecular complexity index is 854. The van der Waals surface area contributed by atoms with E-state index in [9.17, 15) is 4.79 Å². The number of imidazole rings is 1. The summed E-state index contributed by atoms with van der Waals surface area (Å²) in [6.45, 7) is 0.383. The maximum absolute atomic E-state index is 11.9. The molecule has 6 nitrogen and oxygen atoms in total. The van der Waals surface area contributed by atoms with Gasteiger partial charge in [0.25, 0.3) is 0 Å². The molecule has 3 aromatic heterocycles. The summed E-state index contributed by atoms with van der Waals surface area (Å²) in [5.74, 6) is 0.317. The van der Waals surface area contributed by atoms with Gasteiger partial charge in [-0.3, -0.25) is 9.20 Å². The third kappa shape index (κ3) is 3.52. The number of nitrogens with zero attached hydrogens (tertiary/aromatic N) is 3. The summed E-state index contributed by atoms with van der Waals surface area (Å²) in [4.78, 5) is 21.0. The van der Waals surface area contributed by atoms with E-state index in [1.165, 1.54) is 17.4 Å². The molecule has 118 valence electrons. The van der Waals surface area contributed by atoms with Gasteiger partial charge in [0, 0.05) is 36.5 Å². The Morgan fingerprint density at radius 3 is 3.13 bits per heavy atom. The number of amides is 1. The van der Waals surface area contributed by atoms with Crippen molar-refractivity contribution >= 4 is 39.9 Å². The molecule has 3 rings (SSSR count). The van der Waals surface area contributed by atoms with Crippen LogP contribution >= 0.6 is 22.9 Å². The van der Waals surface area contributed by atoms with E-state index in [4.69, 9.17) is 16.3 Å². The maximum Gasteiger partial charge on any atom is 0.244 e. The highest BCUT2D eigenvalue weighted by molar-refractivity contribution is 7.15. The second kappa shape index (κ2) is 6.80. The van der Waals surface area contributed by atoms with Crippen molar-refractivity contribution in [2.45, 2.75) is 6.54 Å². The van der Waals surface area contributed by atoms with E-state index >= 15 is 0 Å². The number of nitrogens with one attached hydrogen (secondary N) is 1. The highest BCUT2D eigenvalue weighted by Gasteiger charge is 2.08. The van der Waals surface area contributed by atoms with Crippen molar-refractivity contribution in [1.29, 1.82) is 0 Å². The van der Waals surface area contributed by atoms with E-state index < -0.39 is 0 Å². The van der Waals surface area contributed by atoms with Crippen LogP contribution in [-0.4, -0.2) is 27.4 Å². The molecule has 1 N–H and O–H groups in total. The zero-order valence-electron chi connectivity index (χ0n) is 12.2. The topological polar surface area (TPSA) is 68.5 Å². The summed E-state index contributed by atoms with van der Waals surface area (Å²) in [7, 11) is 1.56. The first kappa shape index (κ1) is 15.5. The lowest BCUT2D eigenvalue weighted by Gasteiger charge is -2.03. The SMILES string of the molecule is COc1ccc(CNC(=O)/C=C/c2c(Cl)nc3sccn23)cn1. The van der Waals surface area contributed by atoms with Crippen molar-refractivity contribution in [3.05, 3.63) is 52.4 Å². The average molecular weight is 349 g/mol. The Morgan fingerprint density at radius 1 is 1.52 bits per heavy atom. The minimum absolute atomic E-state index is 0.220. The smallest absolute Gasteiger partial charge is 0.244 e. The van der Waals surface area contributed by atoms with Crippen LogP contribution in [-0.2, 0) is 11.3 Å². The first-order chi connectivity index (χ1) is 11.2. The van der Waals surface area contributed by atoms with Gasteiger partial charge in [0.05, 0.1) is 12.8 Å². The molecule has 8 heteroatoms. The van der Waals surface area contributed by atoms with Crippen LogP contribution in [0.4, 0.5) is 0 Å². The highest BCUT2D eigenvalue weighted by Crippen LogP contribution is 2.22. The standard InChI is InChI=1S/C15H13ClN4O2S/c1-22-13-5-2-10(9-18-13)8-17-12(21)4-3-11-14(16)19-15-20(11)6-7-23-15/h2-7,9H,8H2,1H3,(H,17,21)/b4-3+. The second-order valence-electron chi connectivity index (χ2n) is 4.60. The number of rotatable bonds is 5. The molecule has 0 fully saturated rings. The molecule has 0 saturated carbocycles. The number of fused-ring (bicyclic) bond motifs is 1. The number of halogens is 1. The number of pyridine rings is 1. The molecule has 23 heavy (non-hydrogen) atoms. The molecular weight excluding hydrogens is 336 g/mol. The van der Waals surface area contributed by atoms with Gasteiger partial charge in [0.2, 0.25) is 11.8 Å². The lowest BCUT2D eigenvalue weighted by molar-refractivity contribution is -0.116. The van der Waals surface area contributed by atoms with Gasteiger partial charge in [-0.05, 0) is 11.6 Å². The lowest BCUT2D eigenvalue weighted by atomic mass is 10.3.